The summed E-state index contributed by atoms with van der Waals surface area (Å²) in [6.45, 7) is 0. The summed E-state index contributed by atoms with van der Waals surface area (Å²) in [7, 11) is 1.32. The van der Waals surface area contributed by atoms with Crippen LogP contribution in [0.25, 0.3) is 0 Å². The first-order chi connectivity index (χ1) is 7.22. The molecular weight excluding hydrogens is 194 g/mol. The fourth-order valence-electron chi connectivity index (χ4n) is 1.73. The van der Waals surface area contributed by atoms with Crippen molar-refractivity contribution in [1.82, 2.24) is 0 Å². The van der Waals surface area contributed by atoms with Crippen LogP contribution in [0, 0.1) is 0 Å². The van der Waals surface area contributed by atoms with Gasteiger partial charge in [0.05, 0.1) is 19.4 Å². The molecule has 4 heteroatoms. The van der Waals surface area contributed by atoms with Gasteiger partial charge in [0.1, 0.15) is 0 Å². The number of methoxy groups -OCH3 is 1. The van der Waals surface area contributed by atoms with Gasteiger partial charge in [-0.05, 0) is 11.6 Å². The van der Waals surface area contributed by atoms with Crippen LogP contribution >= 0.6 is 0 Å². The van der Waals surface area contributed by atoms with Crippen molar-refractivity contribution >= 4 is 17.6 Å². The fourth-order valence-corrected chi connectivity index (χ4v) is 1.73. The van der Waals surface area contributed by atoms with E-state index in [0.29, 0.717) is 0 Å². The zero-order valence-electron chi connectivity index (χ0n) is 8.32. The molecule has 0 saturated heterocycles. The highest BCUT2D eigenvalue weighted by Gasteiger charge is 2.32. The zero-order chi connectivity index (χ0) is 10.8. The number of benzene rings is 1. The van der Waals surface area contributed by atoms with E-state index in [1.807, 2.05) is 24.3 Å². The molecule has 1 unspecified atom stereocenters. The first kappa shape index (κ1) is 9.71. The van der Waals surface area contributed by atoms with Crippen molar-refractivity contribution in [3.05, 3.63) is 29.8 Å². The van der Waals surface area contributed by atoms with Gasteiger partial charge in [0.2, 0.25) is 5.91 Å². The highest BCUT2D eigenvalue weighted by Crippen LogP contribution is 2.34. The molecule has 1 amide bonds. The molecule has 1 aliphatic heterocycles. The van der Waals surface area contributed by atoms with Crippen LogP contribution < -0.4 is 5.32 Å². The number of para-hydroxylation sites is 1. The highest BCUT2D eigenvalue weighted by molar-refractivity contribution is 6.04. The maximum Gasteiger partial charge on any atom is 0.306 e. The molecule has 78 valence electrons. The van der Waals surface area contributed by atoms with E-state index in [2.05, 4.69) is 10.1 Å². The number of nitrogens with one attached hydrogen (secondary N) is 1. The second kappa shape index (κ2) is 3.73. The van der Waals surface area contributed by atoms with Gasteiger partial charge in [0.25, 0.3) is 0 Å². The van der Waals surface area contributed by atoms with Crippen LogP contribution in [0.4, 0.5) is 5.69 Å². The van der Waals surface area contributed by atoms with E-state index < -0.39 is 5.92 Å². The molecule has 1 N–H and O–H groups in total. The first-order valence-electron chi connectivity index (χ1n) is 4.69. The summed E-state index contributed by atoms with van der Waals surface area (Å²) < 4.78 is 4.56. The number of rotatable bonds is 2. The maximum atomic E-state index is 11.6. The molecule has 0 fully saturated rings. The van der Waals surface area contributed by atoms with E-state index in [1.54, 1.807) is 0 Å². The monoisotopic (exact) mass is 205 g/mol. The van der Waals surface area contributed by atoms with E-state index in [9.17, 15) is 9.59 Å². The van der Waals surface area contributed by atoms with Crippen molar-refractivity contribution in [1.29, 1.82) is 0 Å². The molecule has 0 bridgehead atoms. The van der Waals surface area contributed by atoms with Gasteiger partial charge in [-0.1, -0.05) is 18.2 Å². The lowest BCUT2D eigenvalue weighted by Crippen LogP contribution is -2.16. The summed E-state index contributed by atoms with van der Waals surface area (Å²) in [4.78, 5) is 22.7. The average Bonchev–Trinajstić information content (AvgIpc) is 2.55. The van der Waals surface area contributed by atoms with Crippen LogP contribution in [-0.4, -0.2) is 19.0 Å². The van der Waals surface area contributed by atoms with Crippen molar-refractivity contribution < 1.29 is 14.3 Å². The standard InChI is InChI=1S/C11H11NO3/c1-15-10(13)6-8-7-4-2-3-5-9(7)12-11(8)14/h2-5,8H,6H2,1H3,(H,12,14). The molecule has 1 atom stereocenters. The predicted molar refractivity (Wildman–Crippen MR) is 54.4 cm³/mol. The van der Waals surface area contributed by atoms with Crippen molar-refractivity contribution in [2.45, 2.75) is 12.3 Å². The molecule has 1 aliphatic rings. The van der Waals surface area contributed by atoms with E-state index in [-0.39, 0.29) is 18.3 Å². The maximum absolute atomic E-state index is 11.6. The SMILES string of the molecule is COC(=O)CC1C(=O)Nc2ccccc21. The van der Waals surface area contributed by atoms with Crippen molar-refractivity contribution in [3.63, 3.8) is 0 Å². The van der Waals surface area contributed by atoms with E-state index in [4.69, 9.17) is 0 Å². The topological polar surface area (TPSA) is 55.4 Å². The molecule has 0 saturated carbocycles. The largest absolute Gasteiger partial charge is 0.469 e. The Morgan fingerprint density at radius 1 is 1.47 bits per heavy atom. The summed E-state index contributed by atoms with van der Waals surface area (Å²) in [5.74, 6) is -0.915. The smallest absolute Gasteiger partial charge is 0.306 e. The number of amides is 1. The van der Waals surface area contributed by atoms with Crippen LogP contribution in [0.1, 0.15) is 17.9 Å². The van der Waals surface area contributed by atoms with Gasteiger partial charge in [-0.2, -0.15) is 0 Å². The van der Waals surface area contributed by atoms with E-state index in [1.165, 1.54) is 7.11 Å². The minimum Gasteiger partial charge on any atom is -0.469 e. The number of carbonyl (C=O) groups excluding carboxylic acids is 2. The summed E-state index contributed by atoms with van der Waals surface area (Å²) in [5, 5.41) is 2.73. The molecule has 0 aromatic heterocycles. The highest BCUT2D eigenvalue weighted by atomic mass is 16.5. The number of ether oxygens (including phenoxy) is 1. The van der Waals surface area contributed by atoms with Crippen molar-refractivity contribution in [3.8, 4) is 0 Å². The Labute approximate surface area is 87.2 Å². The Hall–Kier alpha value is -1.84. The van der Waals surface area contributed by atoms with Gasteiger partial charge >= 0.3 is 5.97 Å². The molecule has 1 aromatic rings. The quantitative estimate of drug-likeness (QED) is 0.740. The van der Waals surface area contributed by atoms with Gasteiger partial charge in [0.15, 0.2) is 0 Å². The minimum atomic E-state index is -0.409. The van der Waals surface area contributed by atoms with E-state index >= 15 is 0 Å². The Morgan fingerprint density at radius 3 is 2.93 bits per heavy atom. The summed E-state index contributed by atoms with van der Waals surface area (Å²) >= 11 is 0. The minimum absolute atomic E-state index is 0.0966. The Bertz CT molecular complexity index is 414. The number of hydrogen-bond acceptors (Lipinski definition) is 3. The van der Waals surface area contributed by atoms with Crippen molar-refractivity contribution in [2.24, 2.45) is 0 Å². The third-order valence-electron chi connectivity index (χ3n) is 2.51. The van der Waals surface area contributed by atoms with Crippen LogP contribution in [0.15, 0.2) is 24.3 Å². The van der Waals surface area contributed by atoms with Crippen LogP contribution in [-0.2, 0) is 14.3 Å². The molecule has 1 aromatic carbocycles. The fraction of sp³-hybridized carbons (Fsp3) is 0.273. The Morgan fingerprint density at radius 2 is 2.20 bits per heavy atom. The second-order valence-corrected chi connectivity index (χ2v) is 3.41. The molecule has 4 nitrogen and oxygen atoms in total. The molecule has 0 aliphatic carbocycles. The lowest BCUT2D eigenvalue weighted by atomic mass is 9.97. The number of esters is 1. The third-order valence-corrected chi connectivity index (χ3v) is 2.51. The zero-order valence-corrected chi connectivity index (χ0v) is 8.32. The van der Waals surface area contributed by atoms with Crippen LogP contribution in [0.5, 0.6) is 0 Å². The van der Waals surface area contributed by atoms with Crippen LogP contribution in [0.3, 0.4) is 0 Å². The first-order valence-corrected chi connectivity index (χ1v) is 4.69. The number of fused-ring (bicyclic) bond motifs is 1. The second-order valence-electron chi connectivity index (χ2n) is 3.41. The van der Waals surface area contributed by atoms with Gasteiger partial charge in [-0.25, -0.2) is 0 Å². The molecule has 0 radical (unpaired) electrons. The molecule has 1 heterocycles. The molecule has 2 rings (SSSR count). The van der Waals surface area contributed by atoms with Crippen molar-refractivity contribution in [2.75, 3.05) is 12.4 Å². The van der Waals surface area contributed by atoms with Gasteiger partial charge in [0, 0.05) is 5.69 Å². The predicted octanol–water partition coefficient (Wildman–Crippen LogP) is 1.29. The van der Waals surface area contributed by atoms with Gasteiger partial charge in [-0.3, -0.25) is 9.59 Å². The molecule has 15 heavy (non-hydrogen) atoms. The third kappa shape index (κ3) is 1.70. The summed E-state index contributed by atoms with van der Waals surface area (Å²) in [6.07, 6.45) is 0.0966. The molecular formula is C11H11NO3. The lowest BCUT2D eigenvalue weighted by Gasteiger charge is -2.06. The van der Waals surface area contributed by atoms with E-state index in [0.717, 1.165) is 11.3 Å². The average molecular weight is 205 g/mol. The summed E-state index contributed by atoms with van der Waals surface area (Å²) in [5.41, 5.74) is 1.66. The normalized spacial score (nSPS) is 18.2. The number of anilines is 1. The summed E-state index contributed by atoms with van der Waals surface area (Å²) in [6, 6.07) is 7.37. The Kier molecular flexibility index (Phi) is 2.41. The lowest BCUT2D eigenvalue weighted by molar-refractivity contribution is -0.142. The number of carbonyl (C=O) groups is 2. The van der Waals surface area contributed by atoms with Crippen LogP contribution in [0.2, 0.25) is 0 Å². The number of hydrogen-bond donors (Lipinski definition) is 1. The van der Waals surface area contributed by atoms with Gasteiger partial charge in [-0.15, -0.1) is 0 Å². The molecule has 0 spiro atoms. The Balaban J connectivity index is 2.26. The van der Waals surface area contributed by atoms with Gasteiger partial charge < -0.3 is 10.1 Å².